The summed E-state index contributed by atoms with van der Waals surface area (Å²) in [7, 11) is 1.60. The van der Waals surface area contributed by atoms with Crippen molar-refractivity contribution in [1.29, 1.82) is 0 Å². The molecule has 0 bridgehead atoms. The molecule has 146 valence electrons. The molecule has 1 fully saturated rings. The lowest BCUT2D eigenvalue weighted by molar-refractivity contribution is -0.149. The Kier molecular flexibility index (Phi) is 10.3. The number of esters is 1. The number of halogens is 1. The van der Waals surface area contributed by atoms with Crippen molar-refractivity contribution in [2.24, 2.45) is 10.9 Å². The molecule has 1 saturated heterocycles. The van der Waals surface area contributed by atoms with E-state index in [1.165, 1.54) is 0 Å². The second kappa shape index (κ2) is 11.9. The number of nitrogens with zero attached hydrogens (tertiary/aromatic N) is 3. The van der Waals surface area contributed by atoms with Crippen LogP contribution in [0.5, 0.6) is 5.88 Å². The zero-order chi connectivity index (χ0) is 18.1. The van der Waals surface area contributed by atoms with E-state index in [9.17, 15) is 4.79 Å². The molecular weight excluding hydrogens is 447 g/mol. The van der Waals surface area contributed by atoms with Crippen LogP contribution in [0, 0.1) is 5.92 Å². The number of guanidine groups is 1. The van der Waals surface area contributed by atoms with E-state index in [2.05, 4.69) is 20.2 Å². The van der Waals surface area contributed by atoms with Crippen LogP contribution in [-0.2, 0) is 16.1 Å². The van der Waals surface area contributed by atoms with Gasteiger partial charge in [0.25, 0.3) is 0 Å². The number of pyridine rings is 1. The monoisotopic (exact) mass is 476 g/mol. The molecule has 1 aliphatic rings. The maximum atomic E-state index is 11.9. The Morgan fingerprint density at radius 3 is 2.69 bits per heavy atom. The topological polar surface area (TPSA) is 76.1 Å². The molecule has 0 aliphatic carbocycles. The average Bonchev–Trinajstić information content (AvgIpc) is 2.65. The lowest BCUT2D eigenvalue weighted by Gasteiger charge is -2.33. The summed E-state index contributed by atoms with van der Waals surface area (Å²) in [6, 6.07) is 5.66. The molecule has 0 unspecified atom stereocenters. The Labute approximate surface area is 172 Å². The van der Waals surface area contributed by atoms with Crippen molar-refractivity contribution in [3.8, 4) is 5.88 Å². The molecule has 7 nitrogen and oxygen atoms in total. The third-order valence-corrected chi connectivity index (χ3v) is 4.13. The number of aliphatic imine (C=N–C) groups is 1. The number of aromatic nitrogens is 1. The minimum Gasteiger partial charge on any atom is -0.481 e. The lowest BCUT2D eigenvalue weighted by Crippen LogP contribution is -2.46. The summed E-state index contributed by atoms with van der Waals surface area (Å²) >= 11 is 0. The lowest BCUT2D eigenvalue weighted by atomic mass is 9.97. The fourth-order valence-corrected chi connectivity index (χ4v) is 2.83. The number of piperidine rings is 1. The van der Waals surface area contributed by atoms with Crippen LogP contribution in [0.2, 0.25) is 0 Å². The standard InChI is InChI=1S/C18H28N4O3.HI/c1-4-19-18(20-13-15-7-6-8-16(21-15)24-3)22-11-9-14(10-12-22)17(23)25-5-2;/h6-8,14H,4-5,9-13H2,1-3H3,(H,19,20);1H. The second-order valence-electron chi connectivity index (χ2n) is 5.85. The van der Waals surface area contributed by atoms with Gasteiger partial charge in [0.15, 0.2) is 5.96 Å². The quantitative estimate of drug-likeness (QED) is 0.294. The SMILES string of the molecule is CCNC(=NCc1cccc(OC)n1)N1CCC(C(=O)OCC)CC1.I. The van der Waals surface area contributed by atoms with Crippen LogP contribution < -0.4 is 10.1 Å². The number of methoxy groups -OCH3 is 1. The van der Waals surface area contributed by atoms with Crippen LogP contribution in [0.25, 0.3) is 0 Å². The zero-order valence-electron chi connectivity index (χ0n) is 15.7. The molecule has 0 aromatic carbocycles. The molecule has 0 atom stereocenters. The smallest absolute Gasteiger partial charge is 0.309 e. The number of rotatable bonds is 6. The third kappa shape index (κ3) is 6.62. The van der Waals surface area contributed by atoms with Crippen LogP contribution >= 0.6 is 24.0 Å². The molecular formula is C18H29IN4O3. The molecule has 0 amide bonds. The van der Waals surface area contributed by atoms with Crippen LogP contribution in [0.4, 0.5) is 0 Å². The Balaban J connectivity index is 0.00000338. The maximum absolute atomic E-state index is 11.9. The van der Waals surface area contributed by atoms with Crippen LogP contribution in [-0.4, -0.2) is 55.2 Å². The number of likely N-dealkylation sites (tertiary alicyclic amines) is 1. The molecule has 1 aromatic heterocycles. The highest BCUT2D eigenvalue weighted by Gasteiger charge is 2.27. The van der Waals surface area contributed by atoms with Gasteiger partial charge in [0, 0.05) is 25.7 Å². The van der Waals surface area contributed by atoms with Gasteiger partial charge in [-0.3, -0.25) is 4.79 Å². The van der Waals surface area contributed by atoms with Gasteiger partial charge in [0.05, 0.1) is 31.9 Å². The van der Waals surface area contributed by atoms with Crippen molar-refractivity contribution in [3.63, 3.8) is 0 Å². The van der Waals surface area contributed by atoms with Gasteiger partial charge >= 0.3 is 5.97 Å². The minimum absolute atomic E-state index is 0. The first-order valence-electron chi connectivity index (χ1n) is 8.87. The van der Waals surface area contributed by atoms with Crippen molar-refractivity contribution in [2.75, 3.05) is 33.4 Å². The summed E-state index contributed by atoms with van der Waals surface area (Å²) in [5.74, 6) is 1.37. The number of hydrogen-bond donors (Lipinski definition) is 1. The molecule has 1 N–H and O–H groups in total. The first-order valence-corrected chi connectivity index (χ1v) is 8.87. The van der Waals surface area contributed by atoms with Gasteiger partial charge in [0.2, 0.25) is 5.88 Å². The molecule has 2 heterocycles. The molecule has 2 rings (SSSR count). The highest BCUT2D eigenvalue weighted by atomic mass is 127. The first kappa shape index (κ1) is 22.5. The van der Waals surface area contributed by atoms with Crippen molar-refractivity contribution in [2.45, 2.75) is 33.2 Å². The van der Waals surface area contributed by atoms with Gasteiger partial charge in [-0.25, -0.2) is 9.98 Å². The molecule has 1 aliphatic heterocycles. The van der Waals surface area contributed by atoms with E-state index in [4.69, 9.17) is 9.47 Å². The van der Waals surface area contributed by atoms with E-state index in [-0.39, 0.29) is 35.9 Å². The molecule has 1 aromatic rings. The Morgan fingerprint density at radius 2 is 2.08 bits per heavy atom. The summed E-state index contributed by atoms with van der Waals surface area (Å²) in [6.07, 6.45) is 1.58. The van der Waals surface area contributed by atoms with Gasteiger partial charge < -0.3 is 19.7 Å². The van der Waals surface area contributed by atoms with E-state index in [0.29, 0.717) is 19.0 Å². The van der Waals surface area contributed by atoms with E-state index in [0.717, 1.165) is 44.1 Å². The Hall–Kier alpha value is -1.58. The maximum Gasteiger partial charge on any atom is 0.309 e. The van der Waals surface area contributed by atoms with E-state index >= 15 is 0 Å². The Morgan fingerprint density at radius 1 is 1.35 bits per heavy atom. The number of carbonyl (C=O) groups is 1. The summed E-state index contributed by atoms with van der Waals surface area (Å²) in [5.41, 5.74) is 0.858. The molecule has 26 heavy (non-hydrogen) atoms. The minimum atomic E-state index is -0.0790. The summed E-state index contributed by atoms with van der Waals surface area (Å²) in [4.78, 5) is 23.1. The van der Waals surface area contributed by atoms with Crippen LogP contribution in [0.15, 0.2) is 23.2 Å². The Bertz CT molecular complexity index is 590. The molecule has 0 spiro atoms. The fourth-order valence-electron chi connectivity index (χ4n) is 2.83. The van der Waals surface area contributed by atoms with Crippen LogP contribution in [0.1, 0.15) is 32.4 Å². The number of hydrogen-bond acceptors (Lipinski definition) is 5. The van der Waals surface area contributed by atoms with Crippen LogP contribution in [0.3, 0.4) is 0 Å². The van der Waals surface area contributed by atoms with Crippen molar-refractivity contribution < 1.29 is 14.3 Å². The van der Waals surface area contributed by atoms with E-state index in [1.807, 2.05) is 32.0 Å². The molecule has 0 radical (unpaired) electrons. The predicted molar refractivity (Wildman–Crippen MR) is 112 cm³/mol. The highest BCUT2D eigenvalue weighted by Crippen LogP contribution is 2.19. The molecule has 8 heteroatoms. The molecule has 0 saturated carbocycles. The van der Waals surface area contributed by atoms with Gasteiger partial charge in [-0.05, 0) is 32.8 Å². The van der Waals surface area contributed by atoms with Crippen molar-refractivity contribution >= 4 is 35.9 Å². The second-order valence-corrected chi connectivity index (χ2v) is 5.85. The van der Waals surface area contributed by atoms with Crippen molar-refractivity contribution in [3.05, 3.63) is 23.9 Å². The fraction of sp³-hybridized carbons (Fsp3) is 0.611. The summed E-state index contributed by atoms with van der Waals surface area (Å²) < 4.78 is 10.3. The largest absolute Gasteiger partial charge is 0.481 e. The summed E-state index contributed by atoms with van der Waals surface area (Å²) in [6.45, 7) is 7.19. The highest BCUT2D eigenvalue weighted by molar-refractivity contribution is 14.0. The predicted octanol–water partition coefficient (Wildman–Crippen LogP) is 2.45. The number of carbonyl (C=O) groups excluding carboxylic acids is 1. The summed E-state index contributed by atoms with van der Waals surface area (Å²) in [5, 5.41) is 3.32. The average molecular weight is 476 g/mol. The van der Waals surface area contributed by atoms with E-state index in [1.54, 1.807) is 7.11 Å². The first-order chi connectivity index (χ1) is 12.2. The van der Waals surface area contributed by atoms with Gasteiger partial charge in [-0.1, -0.05) is 6.07 Å². The van der Waals surface area contributed by atoms with Gasteiger partial charge in [0.1, 0.15) is 0 Å². The number of nitrogens with one attached hydrogen (secondary N) is 1. The normalized spacial score (nSPS) is 15.2. The van der Waals surface area contributed by atoms with Gasteiger partial charge in [-0.15, -0.1) is 24.0 Å². The number of ether oxygens (including phenoxy) is 2. The zero-order valence-corrected chi connectivity index (χ0v) is 18.1. The van der Waals surface area contributed by atoms with E-state index < -0.39 is 0 Å². The third-order valence-electron chi connectivity index (χ3n) is 4.13. The van der Waals surface area contributed by atoms with Crippen molar-refractivity contribution in [1.82, 2.24) is 15.2 Å². The van der Waals surface area contributed by atoms with Gasteiger partial charge in [-0.2, -0.15) is 0 Å².